The Kier molecular flexibility index (Phi) is 4.89. The Hall–Kier alpha value is -0.840. The quantitative estimate of drug-likeness (QED) is 0.856. The van der Waals surface area contributed by atoms with Crippen LogP contribution in [0.2, 0.25) is 10.0 Å². The first-order valence-corrected chi connectivity index (χ1v) is 7.27. The third kappa shape index (κ3) is 3.25. The van der Waals surface area contributed by atoms with Crippen LogP contribution in [0.3, 0.4) is 0 Å². The Labute approximate surface area is 127 Å². The van der Waals surface area contributed by atoms with Crippen LogP contribution in [0.15, 0.2) is 12.1 Å². The van der Waals surface area contributed by atoms with E-state index in [4.69, 9.17) is 28.3 Å². The van der Waals surface area contributed by atoms with Crippen molar-refractivity contribution in [1.29, 1.82) is 0 Å². The molecule has 3 nitrogen and oxygen atoms in total. The second-order valence-electron chi connectivity index (χ2n) is 5.14. The maximum Gasteiger partial charge on any atom is 0.307 e. The van der Waals surface area contributed by atoms with E-state index in [2.05, 4.69) is 0 Å². The van der Waals surface area contributed by atoms with Gasteiger partial charge in [0.05, 0.1) is 10.9 Å². The molecule has 1 aromatic rings. The Morgan fingerprint density at radius 3 is 2.80 bits per heavy atom. The number of likely N-dealkylation sites (tertiary alicyclic amines) is 1. The number of carboxylic acid groups (broad SMARTS) is 1. The minimum atomic E-state index is -0.782. The van der Waals surface area contributed by atoms with Crippen LogP contribution >= 0.6 is 23.2 Å². The van der Waals surface area contributed by atoms with Crippen LogP contribution in [0.4, 0.5) is 4.39 Å². The average molecular weight is 320 g/mol. The van der Waals surface area contributed by atoms with Crippen LogP contribution in [0, 0.1) is 11.7 Å². The lowest BCUT2D eigenvalue weighted by Gasteiger charge is -2.35. The molecular formula is C14H16Cl2FNO2. The predicted octanol–water partition coefficient (Wildman–Crippen LogP) is 3.99. The molecule has 6 heteroatoms. The van der Waals surface area contributed by atoms with Crippen molar-refractivity contribution < 1.29 is 14.3 Å². The van der Waals surface area contributed by atoms with E-state index in [-0.39, 0.29) is 17.0 Å². The van der Waals surface area contributed by atoms with E-state index in [0.717, 1.165) is 13.0 Å². The predicted molar refractivity (Wildman–Crippen MR) is 76.8 cm³/mol. The van der Waals surface area contributed by atoms with E-state index in [1.807, 2.05) is 11.8 Å². The zero-order valence-electron chi connectivity index (χ0n) is 11.1. The summed E-state index contributed by atoms with van der Waals surface area (Å²) in [7, 11) is 0. The van der Waals surface area contributed by atoms with E-state index in [1.165, 1.54) is 12.1 Å². The second-order valence-corrected chi connectivity index (χ2v) is 5.95. The van der Waals surface area contributed by atoms with Crippen molar-refractivity contribution in [2.75, 3.05) is 13.1 Å². The molecule has 1 N–H and O–H groups in total. The van der Waals surface area contributed by atoms with Crippen LogP contribution in [0.1, 0.15) is 31.4 Å². The molecule has 1 heterocycles. The molecule has 2 rings (SSSR count). The van der Waals surface area contributed by atoms with E-state index in [1.54, 1.807) is 0 Å². The maximum atomic E-state index is 13.6. The monoisotopic (exact) mass is 319 g/mol. The smallest absolute Gasteiger partial charge is 0.307 e. The summed E-state index contributed by atoms with van der Waals surface area (Å²) in [5.74, 6) is -1.66. The van der Waals surface area contributed by atoms with Crippen molar-refractivity contribution in [2.24, 2.45) is 5.92 Å². The van der Waals surface area contributed by atoms with Crippen LogP contribution < -0.4 is 0 Å². The van der Waals surface area contributed by atoms with Gasteiger partial charge in [0.15, 0.2) is 0 Å². The van der Waals surface area contributed by atoms with Crippen molar-refractivity contribution in [3.05, 3.63) is 33.6 Å². The Morgan fingerprint density at radius 1 is 1.45 bits per heavy atom. The number of carbonyl (C=O) groups is 1. The van der Waals surface area contributed by atoms with Crippen LogP contribution in [0.25, 0.3) is 0 Å². The van der Waals surface area contributed by atoms with Gasteiger partial charge in [-0.05, 0) is 44.0 Å². The molecule has 1 fully saturated rings. The fourth-order valence-electron chi connectivity index (χ4n) is 2.61. The van der Waals surface area contributed by atoms with Gasteiger partial charge in [-0.15, -0.1) is 0 Å². The lowest BCUT2D eigenvalue weighted by atomic mass is 9.95. The highest BCUT2D eigenvalue weighted by Crippen LogP contribution is 2.33. The molecule has 1 saturated heterocycles. The van der Waals surface area contributed by atoms with Crippen molar-refractivity contribution in [2.45, 2.75) is 25.8 Å². The highest BCUT2D eigenvalue weighted by Gasteiger charge is 2.29. The fourth-order valence-corrected chi connectivity index (χ4v) is 3.16. The number of halogens is 3. The summed E-state index contributed by atoms with van der Waals surface area (Å²) in [6, 6.07) is 2.58. The molecule has 0 saturated carbocycles. The molecule has 0 radical (unpaired) electrons. The number of carboxylic acids is 1. The van der Waals surface area contributed by atoms with Gasteiger partial charge < -0.3 is 5.11 Å². The Balaban J connectivity index is 2.20. The van der Waals surface area contributed by atoms with Gasteiger partial charge in [0, 0.05) is 17.6 Å². The van der Waals surface area contributed by atoms with E-state index < -0.39 is 11.8 Å². The molecule has 1 aliphatic rings. The Morgan fingerprint density at radius 2 is 2.15 bits per heavy atom. The topological polar surface area (TPSA) is 40.5 Å². The van der Waals surface area contributed by atoms with Crippen LogP contribution in [0.5, 0.6) is 0 Å². The molecule has 2 atom stereocenters. The first-order chi connectivity index (χ1) is 9.40. The largest absolute Gasteiger partial charge is 0.481 e. The number of piperidine rings is 1. The van der Waals surface area contributed by atoms with Gasteiger partial charge in [-0.2, -0.15) is 0 Å². The molecule has 1 aromatic carbocycles. The first kappa shape index (κ1) is 15.5. The number of rotatable bonds is 3. The maximum absolute atomic E-state index is 13.6. The molecule has 0 aromatic heterocycles. The first-order valence-electron chi connectivity index (χ1n) is 6.51. The van der Waals surface area contributed by atoms with E-state index in [0.29, 0.717) is 23.6 Å². The second kappa shape index (κ2) is 6.29. The number of hydrogen-bond acceptors (Lipinski definition) is 2. The number of aliphatic carboxylic acids is 1. The van der Waals surface area contributed by atoms with Gasteiger partial charge in [0.2, 0.25) is 0 Å². The summed E-state index contributed by atoms with van der Waals surface area (Å²) in [5, 5.41) is 9.51. The molecule has 1 aliphatic heterocycles. The van der Waals surface area contributed by atoms with Gasteiger partial charge in [-0.3, -0.25) is 9.69 Å². The summed E-state index contributed by atoms with van der Waals surface area (Å²) in [6.07, 6.45) is 1.50. The molecule has 0 amide bonds. The molecule has 110 valence electrons. The van der Waals surface area contributed by atoms with Crippen LogP contribution in [-0.2, 0) is 4.79 Å². The zero-order chi connectivity index (χ0) is 14.9. The van der Waals surface area contributed by atoms with Gasteiger partial charge in [0.1, 0.15) is 5.82 Å². The number of benzene rings is 1. The minimum Gasteiger partial charge on any atom is -0.481 e. The summed E-state index contributed by atoms with van der Waals surface area (Å²) in [5.41, 5.74) is 0.639. The van der Waals surface area contributed by atoms with Crippen molar-refractivity contribution in [1.82, 2.24) is 4.90 Å². The fraction of sp³-hybridized carbons (Fsp3) is 0.500. The third-order valence-corrected chi connectivity index (χ3v) is 4.46. The highest BCUT2D eigenvalue weighted by atomic mass is 35.5. The summed E-state index contributed by atoms with van der Waals surface area (Å²) in [4.78, 5) is 13.1. The van der Waals surface area contributed by atoms with Crippen LogP contribution in [-0.4, -0.2) is 29.1 Å². The summed E-state index contributed by atoms with van der Waals surface area (Å²) < 4.78 is 13.6. The van der Waals surface area contributed by atoms with Gasteiger partial charge in [-0.25, -0.2) is 4.39 Å². The van der Waals surface area contributed by atoms with Crippen molar-refractivity contribution >= 4 is 29.2 Å². The lowest BCUT2D eigenvalue weighted by Crippen LogP contribution is -2.40. The molecule has 0 bridgehead atoms. The van der Waals surface area contributed by atoms with Crippen molar-refractivity contribution in [3.63, 3.8) is 0 Å². The van der Waals surface area contributed by atoms with Gasteiger partial charge >= 0.3 is 5.97 Å². The third-order valence-electron chi connectivity index (χ3n) is 3.84. The zero-order valence-corrected chi connectivity index (χ0v) is 12.6. The molecular weight excluding hydrogens is 304 g/mol. The number of hydrogen-bond donors (Lipinski definition) is 1. The number of nitrogens with zero attached hydrogens (tertiary/aromatic N) is 1. The van der Waals surface area contributed by atoms with Gasteiger partial charge in [0.25, 0.3) is 0 Å². The van der Waals surface area contributed by atoms with Gasteiger partial charge in [-0.1, -0.05) is 23.2 Å². The lowest BCUT2D eigenvalue weighted by molar-refractivity contribution is -0.143. The molecule has 0 spiro atoms. The molecule has 0 aliphatic carbocycles. The SMILES string of the molecule is CC(c1cc(F)c(Cl)cc1Cl)N1CCCC(C(=O)O)C1. The highest BCUT2D eigenvalue weighted by molar-refractivity contribution is 6.35. The minimum absolute atomic E-state index is 0.00648. The standard InChI is InChI=1S/C14H16Cl2FNO2/c1-8(10-5-13(17)12(16)6-11(10)15)18-4-2-3-9(7-18)14(19)20/h5-6,8-9H,2-4,7H2,1H3,(H,19,20). The summed E-state index contributed by atoms with van der Waals surface area (Å²) in [6.45, 7) is 3.14. The van der Waals surface area contributed by atoms with E-state index in [9.17, 15) is 9.18 Å². The normalized spacial score (nSPS) is 21.7. The molecule has 20 heavy (non-hydrogen) atoms. The summed E-state index contributed by atoms with van der Waals surface area (Å²) >= 11 is 11.8. The van der Waals surface area contributed by atoms with E-state index >= 15 is 0 Å². The molecule has 2 unspecified atom stereocenters. The Bertz CT molecular complexity index is 524. The average Bonchev–Trinajstić information content (AvgIpc) is 2.42. The van der Waals surface area contributed by atoms with Crippen molar-refractivity contribution in [3.8, 4) is 0 Å².